The normalized spacial score (nSPS) is 10.3. The van der Waals surface area contributed by atoms with Gasteiger partial charge in [0.05, 0.1) is 6.54 Å². The lowest BCUT2D eigenvalue weighted by atomic mass is 10.2. The van der Waals surface area contributed by atoms with Crippen LogP contribution >= 0.6 is 23.5 Å². The SMILES string of the molecule is c1ccc(CN=C(Sc2ccccc2)Sc2ccccc2)cc1. The molecule has 0 amide bonds. The first-order valence-electron chi connectivity index (χ1n) is 7.44. The number of thioether (sulfide) groups is 2. The zero-order valence-corrected chi connectivity index (χ0v) is 14.3. The highest BCUT2D eigenvalue weighted by Crippen LogP contribution is 2.31. The van der Waals surface area contributed by atoms with Crippen LogP contribution in [0.25, 0.3) is 0 Å². The first-order chi connectivity index (χ1) is 11.4. The van der Waals surface area contributed by atoms with E-state index in [1.807, 2.05) is 18.2 Å². The largest absolute Gasteiger partial charge is 0.266 e. The summed E-state index contributed by atoms with van der Waals surface area (Å²) in [6.07, 6.45) is 0. The summed E-state index contributed by atoms with van der Waals surface area (Å²) in [5.41, 5.74) is 1.23. The number of rotatable bonds is 4. The van der Waals surface area contributed by atoms with Gasteiger partial charge in [0.15, 0.2) is 0 Å². The molecule has 3 heteroatoms. The van der Waals surface area contributed by atoms with Crippen LogP contribution in [0.1, 0.15) is 5.56 Å². The van der Waals surface area contributed by atoms with Crippen molar-refractivity contribution in [1.29, 1.82) is 0 Å². The van der Waals surface area contributed by atoms with E-state index in [2.05, 4.69) is 72.8 Å². The molecular weight excluding hydrogens is 318 g/mol. The fourth-order valence-corrected chi connectivity index (χ4v) is 4.00. The molecule has 0 aromatic heterocycles. The zero-order chi connectivity index (χ0) is 15.7. The molecule has 1 nitrogen and oxygen atoms in total. The van der Waals surface area contributed by atoms with Crippen molar-refractivity contribution < 1.29 is 0 Å². The molecule has 3 aromatic rings. The Kier molecular flexibility index (Phi) is 5.95. The lowest BCUT2D eigenvalue weighted by molar-refractivity contribution is 1.08. The van der Waals surface area contributed by atoms with Gasteiger partial charge in [0.25, 0.3) is 0 Å². The lowest BCUT2D eigenvalue weighted by Gasteiger charge is -2.07. The van der Waals surface area contributed by atoms with Gasteiger partial charge in [-0.2, -0.15) is 0 Å². The average molecular weight is 335 g/mol. The third-order valence-corrected chi connectivity index (χ3v) is 5.25. The van der Waals surface area contributed by atoms with E-state index in [-0.39, 0.29) is 0 Å². The van der Waals surface area contributed by atoms with Crippen molar-refractivity contribution in [2.24, 2.45) is 4.99 Å². The predicted molar refractivity (Wildman–Crippen MR) is 102 cm³/mol. The molecule has 0 N–H and O–H groups in total. The summed E-state index contributed by atoms with van der Waals surface area (Å²) in [7, 11) is 0. The van der Waals surface area contributed by atoms with E-state index in [1.165, 1.54) is 15.4 Å². The minimum Gasteiger partial charge on any atom is -0.266 e. The van der Waals surface area contributed by atoms with E-state index in [0.717, 1.165) is 4.38 Å². The summed E-state index contributed by atoms with van der Waals surface area (Å²) in [5.74, 6) is 0. The van der Waals surface area contributed by atoms with Gasteiger partial charge in [0.1, 0.15) is 4.38 Å². The van der Waals surface area contributed by atoms with Gasteiger partial charge in [0.2, 0.25) is 0 Å². The van der Waals surface area contributed by atoms with E-state index >= 15 is 0 Å². The van der Waals surface area contributed by atoms with Gasteiger partial charge in [-0.3, -0.25) is 4.99 Å². The van der Waals surface area contributed by atoms with Crippen LogP contribution in [0, 0.1) is 0 Å². The molecule has 0 aliphatic rings. The maximum atomic E-state index is 4.83. The van der Waals surface area contributed by atoms with Crippen molar-refractivity contribution in [3.8, 4) is 0 Å². The van der Waals surface area contributed by atoms with Gasteiger partial charge in [0, 0.05) is 9.79 Å². The second-order valence-corrected chi connectivity index (χ2v) is 7.28. The number of aliphatic imine (C=N–C) groups is 1. The fourth-order valence-electron chi connectivity index (χ4n) is 2.00. The van der Waals surface area contributed by atoms with Crippen LogP contribution < -0.4 is 0 Å². The van der Waals surface area contributed by atoms with Crippen LogP contribution in [-0.4, -0.2) is 4.38 Å². The molecule has 0 bridgehead atoms. The van der Waals surface area contributed by atoms with Crippen LogP contribution in [0.2, 0.25) is 0 Å². The number of hydrogen-bond donors (Lipinski definition) is 0. The molecule has 3 aromatic carbocycles. The monoisotopic (exact) mass is 335 g/mol. The Hall–Kier alpha value is -1.97. The number of hydrogen-bond acceptors (Lipinski definition) is 3. The maximum absolute atomic E-state index is 4.83. The predicted octanol–water partition coefficient (Wildman–Crippen LogP) is 6.13. The minimum atomic E-state index is 0.704. The Balaban J connectivity index is 1.77. The second-order valence-electron chi connectivity index (χ2n) is 4.90. The summed E-state index contributed by atoms with van der Waals surface area (Å²) in [6.45, 7) is 0.704. The highest BCUT2D eigenvalue weighted by molar-refractivity contribution is 8.38. The van der Waals surface area contributed by atoms with Gasteiger partial charge in [-0.1, -0.05) is 90.3 Å². The van der Waals surface area contributed by atoms with Gasteiger partial charge in [-0.05, 0) is 29.8 Å². The molecule has 0 aliphatic heterocycles. The first kappa shape index (κ1) is 15.9. The lowest BCUT2D eigenvalue weighted by Crippen LogP contribution is -1.89. The topological polar surface area (TPSA) is 12.4 Å². The molecule has 0 saturated heterocycles. The van der Waals surface area contributed by atoms with Crippen LogP contribution in [0.15, 0.2) is 106 Å². The Bertz CT molecular complexity index is 697. The van der Waals surface area contributed by atoms with Crippen molar-refractivity contribution in [3.05, 3.63) is 96.6 Å². The molecule has 0 aliphatic carbocycles. The van der Waals surface area contributed by atoms with Crippen molar-refractivity contribution in [2.75, 3.05) is 0 Å². The van der Waals surface area contributed by atoms with E-state index < -0.39 is 0 Å². The van der Waals surface area contributed by atoms with Crippen molar-refractivity contribution >= 4 is 27.9 Å². The van der Waals surface area contributed by atoms with Crippen molar-refractivity contribution in [1.82, 2.24) is 0 Å². The quantitative estimate of drug-likeness (QED) is 0.323. The van der Waals surface area contributed by atoms with Gasteiger partial charge in [-0.15, -0.1) is 0 Å². The Labute approximate surface area is 145 Å². The Morgan fingerprint density at radius 3 is 1.52 bits per heavy atom. The molecule has 0 radical (unpaired) electrons. The number of nitrogens with zero attached hydrogens (tertiary/aromatic N) is 1. The summed E-state index contributed by atoms with van der Waals surface area (Å²) >= 11 is 3.43. The molecule has 23 heavy (non-hydrogen) atoms. The number of benzene rings is 3. The standard InChI is InChI=1S/C20H17NS2/c1-4-10-17(11-5-1)16-21-20(22-18-12-6-2-7-13-18)23-19-14-8-3-9-15-19/h1-15H,16H2. The fraction of sp³-hybridized carbons (Fsp3) is 0.0500. The maximum Gasteiger partial charge on any atom is 0.134 e. The smallest absolute Gasteiger partial charge is 0.134 e. The molecular formula is C20H17NS2. The van der Waals surface area contributed by atoms with Gasteiger partial charge in [-0.25, -0.2) is 0 Å². The summed E-state index contributed by atoms with van der Waals surface area (Å²) in [4.78, 5) is 7.25. The van der Waals surface area contributed by atoms with E-state index in [4.69, 9.17) is 4.99 Å². The molecule has 0 saturated carbocycles. The summed E-state index contributed by atoms with van der Waals surface area (Å²) in [5, 5.41) is 0. The third-order valence-electron chi connectivity index (χ3n) is 3.13. The van der Waals surface area contributed by atoms with Crippen LogP contribution in [0.4, 0.5) is 0 Å². The average Bonchev–Trinajstić information content (AvgIpc) is 2.62. The molecule has 0 unspecified atom stereocenters. The highest BCUT2D eigenvalue weighted by Gasteiger charge is 2.05. The summed E-state index contributed by atoms with van der Waals surface area (Å²) in [6, 6.07) is 31.2. The van der Waals surface area contributed by atoms with Crippen molar-refractivity contribution in [3.63, 3.8) is 0 Å². The van der Waals surface area contributed by atoms with Crippen LogP contribution in [0.3, 0.4) is 0 Å². The van der Waals surface area contributed by atoms with Gasteiger partial charge >= 0.3 is 0 Å². The van der Waals surface area contributed by atoms with E-state index in [0.29, 0.717) is 6.54 Å². The van der Waals surface area contributed by atoms with Crippen molar-refractivity contribution in [2.45, 2.75) is 16.3 Å². The zero-order valence-electron chi connectivity index (χ0n) is 12.6. The molecule has 0 atom stereocenters. The third kappa shape index (κ3) is 5.31. The molecule has 3 rings (SSSR count). The molecule has 0 heterocycles. The molecule has 0 fully saturated rings. The Morgan fingerprint density at radius 1 is 0.609 bits per heavy atom. The molecule has 0 spiro atoms. The highest BCUT2D eigenvalue weighted by atomic mass is 32.2. The van der Waals surface area contributed by atoms with Crippen LogP contribution in [0.5, 0.6) is 0 Å². The summed E-state index contributed by atoms with van der Waals surface area (Å²) < 4.78 is 1.06. The molecule has 114 valence electrons. The van der Waals surface area contributed by atoms with Gasteiger partial charge < -0.3 is 0 Å². The Morgan fingerprint density at radius 2 is 1.04 bits per heavy atom. The first-order valence-corrected chi connectivity index (χ1v) is 9.07. The van der Waals surface area contributed by atoms with Crippen LogP contribution in [-0.2, 0) is 6.54 Å². The minimum absolute atomic E-state index is 0.704. The van der Waals surface area contributed by atoms with E-state index in [9.17, 15) is 0 Å². The van der Waals surface area contributed by atoms with E-state index in [1.54, 1.807) is 23.5 Å². The second kappa shape index (κ2) is 8.61.